The number of methoxy groups -OCH3 is 2. The van der Waals surface area contributed by atoms with Crippen molar-refractivity contribution < 1.29 is 24.2 Å². The van der Waals surface area contributed by atoms with E-state index in [9.17, 15) is 14.7 Å². The molecule has 3 unspecified atom stereocenters. The summed E-state index contributed by atoms with van der Waals surface area (Å²) in [5.74, 6) is -1.60. The van der Waals surface area contributed by atoms with Gasteiger partial charge >= 0.3 is 5.97 Å². The summed E-state index contributed by atoms with van der Waals surface area (Å²) in [4.78, 5) is 25.7. The minimum absolute atomic E-state index is 0.0556. The molecule has 0 aromatic rings. The van der Waals surface area contributed by atoms with Crippen LogP contribution in [0.25, 0.3) is 0 Å². The molecule has 1 amide bonds. The Kier molecular flexibility index (Phi) is 7.67. The van der Waals surface area contributed by atoms with Gasteiger partial charge in [0.2, 0.25) is 5.91 Å². The van der Waals surface area contributed by atoms with Crippen LogP contribution in [0.2, 0.25) is 0 Å². The topological polar surface area (TPSA) is 76.1 Å². The highest BCUT2D eigenvalue weighted by atomic mass is 16.5. The van der Waals surface area contributed by atoms with Crippen LogP contribution in [0.1, 0.15) is 26.2 Å². The average molecular weight is 301 g/mol. The number of nitrogens with zero attached hydrogens (tertiary/aromatic N) is 1. The van der Waals surface area contributed by atoms with E-state index < -0.39 is 17.8 Å². The molecule has 1 aliphatic rings. The van der Waals surface area contributed by atoms with Crippen LogP contribution in [0, 0.1) is 17.8 Å². The molecule has 1 aliphatic carbocycles. The minimum Gasteiger partial charge on any atom is -0.481 e. The molecule has 0 saturated heterocycles. The molecule has 6 nitrogen and oxygen atoms in total. The summed E-state index contributed by atoms with van der Waals surface area (Å²) in [5, 5.41) is 9.31. The van der Waals surface area contributed by atoms with Crippen LogP contribution >= 0.6 is 0 Å². The fourth-order valence-corrected chi connectivity index (χ4v) is 3.01. The number of carboxylic acid groups (broad SMARTS) is 1. The zero-order valence-corrected chi connectivity index (χ0v) is 13.2. The number of hydrogen-bond acceptors (Lipinski definition) is 4. The maximum atomic E-state index is 12.7. The first-order chi connectivity index (χ1) is 10.0. The largest absolute Gasteiger partial charge is 0.481 e. The minimum atomic E-state index is -0.860. The highest BCUT2D eigenvalue weighted by Crippen LogP contribution is 2.37. The van der Waals surface area contributed by atoms with Crippen molar-refractivity contribution in [3.8, 4) is 0 Å². The quantitative estimate of drug-likeness (QED) is 0.649. The van der Waals surface area contributed by atoms with E-state index in [2.05, 4.69) is 0 Å². The summed E-state index contributed by atoms with van der Waals surface area (Å²) in [6.07, 6.45) is 1.98. The molecule has 1 saturated carbocycles. The van der Waals surface area contributed by atoms with Crippen molar-refractivity contribution in [3.05, 3.63) is 0 Å². The van der Waals surface area contributed by atoms with E-state index in [0.29, 0.717) is 39.1 Å². The van der Waals surface area contributed by atoms with Gasteiger partial charge in [0.15, 0.2) is 0 Å². The second-order valence-corrected chi connectivity index (χ2v) is 5.79. The number of carboxylic acids is 1. The van der Waals surface area contributed by atoms with Gasteiger partial charge in [0, 0.05) is 33.9 Å². The molecule has 3 atom stereocenters. The van der Waals surface area contributed by atoms with Gasteiger partial charge in [-0.2, -0.15) is 0 Å². The van der Waals surface area contributed by atoms with E-state index in [4.69, 9.17) is 9.47 Å². The van der Waals surface area contributed by atoms with Crippen molar-refractivity contribution in [2.24, 2.45) is 17.8 Å². The Morgan fingerprint density at radius 3 is 2.29 bits per heavy atom. The third-order valence-corrected chi connectivity index (χ3v) is 4.09. The molecule has 1 N–H and O–H groups in total. The summed E-state index contributed by atoms with van der Waals surface area (Å²) in [7, 11) is 3.22. The zero-order valence-electron chi connectivity index (χ0n) is 13.2. The lowest BCUT2D eigenvalue weighted by Crippen LogP contribution is -2.41. The molecule has 122 valence electrons. The predicted octanol–water partition coefficient (Wildman–Crippen LogP) is 1.24. The molecule has 0 spiro atoms. The van der Waals surface area contributed by atoms with Gasteiger partial charge in [-0.05, 0) is 25.2 Å². The Balaban J connectivity index is 2.70. The normalized spacial score (nSPS) is 25.0. The fourth-order valence-electron chi connectivity index (χ4n) is 3.01. The molecule has 0 radical (unpaired) electrons. The van der Waals surface area contributed by atoms with Crippen molar-refractivity contribution in [3.63, 3.8) is 0 Å². The standard InChI is InChI=1S/C15H27NO5/c1-11-9-12(13(10-11)15(18)19)14(17)16(6-8-21-3)5-4-7-20-2/h11-13H,4-10H2,1-3H3,(H,18,19). The van der Waals surface area contributed by atoms with Crippen LogP contribution in [-0.4, -0.2) is 62.4 Å². The van der Waals surface area contributed by atoms with Crippen molar-refractivity contribution >= 4 is 11.9 Å². The highest BCUT2D eigenvalue weighted by Gasteiger charge is 2.42. The van der Waals surface area contributed by atoms with Crippen LogP contribution in [-0.2, 0) is 19.1 Å². The molecule has 6 heteroatoms. The second-order valence-electron chi connectivity index (χ2n) is 5.79. The SMILES string of the molecule is COCCCN(CCOC)C(=O)C1CC(C)CC1C(=O)O. The first kappa shape index (κ1) is 17.9. The van der Waals surface area contributed by atoms with E-state index in [0.717, 1.165) is 6.42 Å². The number of carbonyl (C=O) groups is 2. The highest BCUT2D eigenvalue weighted by molar-refractivity contribution is 5.85. The Morgan fingerprint density at radius 1 is 1.10 bits per heavy atom. The second kappa shape index (κ2) is 9.00. The summed E-state index contributed by atoms with van der Waals surface area (Å²) in [6, 6.07) is 0. The van der Waals surface area contributed by atoms with Gasteiger partial charge in [0.05, 0.1) is 18.4 Å². The van der Waals surface area contributed by atoms with E-state index >= 15 is 0 Å². The van der Waals surface area contributed by atoms with E-state index in [1.165, 1.54) is 0 Å². The maximum absolute atomic E-state index is 12.7. The van der Waals surface area contributed by atoms with Crippen LogP contribution < -0.4 is 0 Å². The van der Waals surface area contributed by atoms with Crippen molar-refractivity contribution in [2.45, 2.75) is 26.2 Å². The smallest absolute Gasteiger partial charge is 0.307 e. The Bertz CT molecular complexity index is 347. The molecule has 21 heavy (non-hydrogen) atoms. The van der Waals surface area contributed by atoms with Gasteiger partial charge in [-0.25, -0.2) is 0 Å². The van der Waals surface area contributed by atoms with Crippen LogP contribution in [0.3, 0.4) is 0 Å². The molecule has 0 aromatic heterocycles. The van der Waals surface area contributed by atoms with Crippen LogP contribution in [0.4, 0.5) is 0 Å². The number of carbonyl (C=O) groups excluding carboxylic acids is 1. The van der Waals surface area contributed by atoms with E-state index in [-0.39, 0.29) is 11.8 Å². The van der Waals surface area contributed by atoms with Gasteiger partial charge in [-0.15, -0.1) is 0 Å². The molecule has 0 aliphatic heterocycles. The van der Waals surface area contributed by atoms with Gasteiger partial charge in [-0.3, -0.25) is 9.59 Å². The number of ether oxygens (including phenoxy) is 2. The van der Waals surface area contributed by atoms with Crippen molar-refractivity contribution in [1.82, 2.24) is 4.90 Å². The van der Waals surface area contributed by atoms with Crippen LogP contribution in [0.5, 0.6) is 0 Å². The van der Waals surface area contributed by atoms with Crippen LogP contribution in [0.15, 0.2) is 0 Å². The first-order valence-electron chi connectivity index (χ1n) is 7.50. The molecular weight excluding hydrogens is 274 g/mol. The molecule has 1 rings (SSSR count). The molecular formula is C15H27NO5. The van der Waals surface area contributed by atoms with Gasteiger partial charge in [-0.1, -0.05) is 6.92 Å². The van der Waals surface area contributed by atoms with E-state index in [1.54, 1.807) is 19.1 Å². The number of hydrogen-bond donors (Lipinski definition) is 1. The zero-order chi connectivity index (χ0) is 15.8. The summed E-state index contributed by atoms with van der Waals surface area (Å²) < 4.78 is 10.1. The fraction of sp³-hybridized carbons (Fsp3) is 0.867. The lowest BCUT2D eigenvalue weighted by molar-refractivity contribution is -0.149. The summed E-state index contributed by atoms with van der Waals surface area (Å²) in [6.45, 7) is 4.12. The number of rotatable bonds is 9. The Morgan fingerprint density at radius 2 is 1.71 bits per heavy atom. The maximum Gasteiger partial charge on any atom is 0.307 e. The summed E-state index contributed by atoms with van der Waals surface area (Å²) in [5.41, 5.74) is 0. The summed E-state index contributed by atoms with van der Waals surface area (Å²) >= 11 is 0. The molecule has 0 heterocycles. The van der Waals surface area contributed by atoms with Gasteiger partial charge < -0.3 is 19.5 Å². The number of amides is 1. The van der Waals surface area contributed by atoms with Crippen molar-refractivity contribution in [1.29, 1.82) is 0 Å². The molecule has 0 aromatic carbocycles. The lowest BCUT2D eigenvalue weighted by Gasteiger charge is -2.27. The van der Waals surface area contributed by atoms with Crippen molar-refractivity contribution in [2.75, 3.05) is 40.5 Å². The monoisotopic (exact) mass is 301 g/mol. The average Bonchev–Trinajstić information content (AvgIpc) is 2.84. The third-order valence-electron chi connectivity index (χ3n) is 4.09. The lowest BCUT2D eigenvalue weighted by atomic mass is 9.94. The molecule has 0 bridgehead atoms. The van der Waals surface area contributed by atoms with Gasteiger partial charge in [0.25, 0.3) is 0 Å². The van der Waals surface area contributed by atoms with Gasteiger partial charge in [0.1, 0.15) is 0 Å². The van der Waals surface area contributed by atoms with E-state index in [1.807, 2.05) is 6.92 Å². The number of aliphatic carboxylic acids is 1. The first-order valence-corrected chi connectivity index (χ1v) is 7.50. The molecule has 1 fully saturated rings. The predicted molar refractivity (Wildman–Crippen MR) is 78.0 cm³/mol. The Labute approximate surface area is 126 Å². The third kappa shape index (κ3) is 5.28. The Hall–Kier alpha value is -1.14.